The van der Waals surface area contributed by atoms with Gasteiger partial charge in [-0.05, 0) is 56.4 Å². The summed E-state index contributed by atoms with van der Waals surface area (Å²) in [6.07, 6.45) is 5.73. The molecule has 11 heteroatoms. The number of amides is 2. The number of aromatic nitrogens is 1. The second kappa shape index (κ2) is 11.6. The largest absolute Gasteiger partial charge is 0.432 e. The van der Waals surface area contributed by atoms with Crippen LogP contribution in [0.1, 0.15) is 41.6 Å². The number of sulfonamides is 1. The summed E-state index contributed by atoms with van der Waals surface area (Å²) in [5, 5.41) is 4.10. The molecular weight excluding hydrogens is 554 g/mol. The van der Waals surface area contributed by atoms with Crippen LogP contribution in [0.15, 0.2) is 82.4 Å². The molecule has 0 radical (unpaired) electrons. The van der Waals surface area contributed by atoms with Crippen LogP contribution in [0.2, 0.25) is 0 Å². The van der Waals surface area contributed by atoms with E-state index < -0.39 is 10.0 Å². The second-order valence-electron chi connectivity index (χ2n) is 10.8. The molecule has 0 spiro atoms. The predicted molar refractivity (Wildman–Crippen MR) is 160 cm³/mol. The standard InChI is InChI=1S/C31H33N5O5S/c1-21-7-2-3-8-23(21)29(37)33-26-11-4-10-25-24(26)9-5-13-28(25)42(39,40)34-22-14-18-35(19-15-22)30(38)27-12-6-17-36(27)31-32-16-20-41-31/h2-5,7-11,13,16,20,22,27,34H,6,12,14-15,17-19H2,1H3,(H,33,37)/t27-/m0/s1. The number of benzene rings is 3. The van der Waals surface area contributed by atoms with Crippen molar-refractivity contribution in [2.45, 2.75) is 49.6 Å². The fourth-order valence-corrected chi connectivity index (χ4v) is 7.49. The summed E-state index contributed by atoms with van der Waals surface area (Å²) in [6.45, 7) is 3.52. The molecular formula is C31H33N5O5S. The number of fused-ring (bicyclic) bond motifs is 1. The minimum atomic E-state index is -3.88. The molecule has 0 unspecified atom stereocenters. The van der Waals surface area contributed by atoms with Gasteiger partial charge in [0, 0.05) is 47.7 Å². The van der Waals surface area contributed by atoms with Gasteiger partial charge in [0.05, 0.1) is 11.1 Å². The molecule has 10 nitrogen and oxygen atoms in total. The Kier molecular flexibility index (Phi) is 7.70. The van der Waals surface area contributed by atoms with E-state index in [0.29, 0.717) is 54.0 Å². The third-order valence-electron chi connectivity index (χ3n) is 8.14. The number of piperidine rings is 1. The van der Waals surface area contributed by atoms with Crippen molar-refractivity contribution in [3.8, 4) is 0 Å². The third kappa shape index (κ3) is 5.49. The predicted octanol–water partition coefficient (Wildman–Crippen LogP) is 4.33. The zero-order valence-corrected chi connectivity index (χ0v) is 24.1. The van der Waals surface area contributed by atoms with Crippen LogP contribution in [-0.2, 0) is 14.8 Å². The lowest BCUT2D eigenvalue weighted by Crippen LogP contribution is -2.51. The van der Waals surface area contributed by atoms with E-state index in [1.165, 1.54) is 6.26 Å². The summed E-state index contributed by atoms with van der Waals surface area (Å²) in [5.41, 5.74) is 1.95. The average Bonchev–Trinajstić information content (AvgIpc) is 3.70. The first kappa shape index (κ1) is 27.9. The van der Waals surface area contributed by atoms with Gasteiger partial charge in [0.15, 0.2) is 0 Å². The summed E-state index contributed by atoms with van der Waals surface area (Å²) in [6, 6.07) is 17.5. The summed E-state index contributed by atoms with van der Waals surface area (Å²) in [5.74, 6) is -0.226. The molecule has 0 saturated carbocycles. The summed E-state index contributed by atoms with van der Waals surface area (Å²) >= 11 is 0. The van der Waals surface area contributed by atoms with Crippen LogP contribution in [0.3, 0.4) is 0 Å². The number of nitrogens with zero attached hydrogens (tertiary/aromatic N) is 3. The van der Waals surface area contributed by atoms with E-state index >= 15 is 0 Å². The van der Waals surface area contributed by atoms with Crippen molar-refractivity contribution in [1.82, 2.24) is 14.6 Å². The Hall–Kier alpha value is -4.22. The van der Waals surface area contributed by atoms with Crippen LogP contribution in [0.5, 0.6) is 0 Å². The van der Waals surface area contributed by atoms with Gasteiger partial charge in [0.2, 0.25) is 15.9 Å². The first-order valence-electron chi connectivity index (χ1n) is 14.2. The van der Waals surface area contributed by atoms with E-state index in [0.717, 1.165) is 24.9 Å². The molecule has 3 heterocycles. The van der Waals surface area contributed by atoms with E-state index in [4.69, 9.17) is 4.42 Å². The Labute approximate surface area is 244 Å². The monoisotopic (exact) mass is 587 g/mol. The normalized spacial score (nSPS) is 18.0. The maximum Gasteiger partial charge on any atom is 0.297 e. The van der Waals surface area contributed by atoms with Gasteiger partial charge in [0.25, 0.3) is 11.9 Å². The fourth-order valence-electron chi connectivity index (χ4n) is 5.96. The number of aryl methyl sites for hydroxylation is 1. The summed E-state index contributed by atoms with van der Waals surface area (Å²) < 4.78 is 35.5. The Bertz CT molecular complexity index is 1710. The van der Waals surface area contributed by atoms with Gasteiger partial charge in [-0.15, -0.1) is 0 Å². The highest BCUT2D eigenvalue weighted by Gasteiger charge is 2.37. The molecule has 0 bridgehead atoms. The van der Waals surface area contributed by atoms with Gasteiger partial charge in [-0.3, -0.25) is 9.59 Å². The van der Waals surface area contributed by atoms with Crippen molar-refractivity contribution in [1.29, 1.82) is 0 Å². The number of rotatable bonds is 7. The zero-order chi connectivity index (χ0) is 29.3. The van der Waals surface area contributed by atoms with Crippen molar-refractivity contribution < 1.29 is 22.4 Å². The van der Waals surface area contributed by atoms with Crippen LogP contribution in [-0.4, -0.2) is 61.8 Å². The lowest BCUT2D eigenvalue weighted by molar-refractivity contribution is -0.133. The number of likely N-dealkylation sites (tertiary alicyclic amines) is 1. The van der Waals surface area contributed by atoms with Crippen molar-refractivity contribution in [2.24, 2.45) is 0 Å². The minimum Gasteiger partial charge on any atom is -0.432 e. The highest BCUT2D eigenvalue weighted by atomic mass is 32.2. The molecule has 1 aromatic heterocycles. The maximum atomic E-state index is 13.6. The number of hydrogen-bond donors (Lipinski definition) is 2. The number of hydrogen-bond acceptors (Lipinski definition) is 7. The quantitative estimate of drug-likeness (QED) is 0.330. The Morgan fingerprint density at radius 3 is 2.45 bits per heavy atom. The smallest absolute Gasteiger partial charge is 0.297 e. The van der Waals surface area contributed by atoms with Gasteiger partial charge >= 0.3 is 0 Å². The Balaban J connectivity index is 1.14. The zero-order valence-electron chi connectivity index (χ0n) is 23.3. The van der Waals surface area contributed by atoms with E-state index in [1.54, 1.807) is 48.7 Å². The SMILES string of the molecule is Cc1ccccc1C(=O)Nc1cccc2c(S(=O)(=O)NC3CCN(C(=O)[C@@H]4CCCN4c4ncco4)CC3)cccc12. The number of carbonyl (C=O) groups is 2. The van der Waals surface area contributed by atoms with Gasteiger partial charge in [-0.25, -0.2) is 18.1 Å². The van der Waals surface area contributed by atoms with Crippen LogP contribution >= 0.6 is 0 Å². The molecule has 3 aromatic carbocycles. The molecule has 1 atom stereocenters. The summed E-state index contributed by atoms with van der Waals surface area (Å²) in [4.78, 5) is 34.4. The van der Waals surface area contributed by atoms with E-state index in [-0.39, 0.29) is 28.8 Å². The van der Waals surface area contributed by atoms with Gasteiger partial charge in [0.1, 0.15) is 12.3 Å². The molecule has 0 aliphatic carbocycles. The lowest BCUT2D eigenvalue weighted by Gasteiger charge is -2.35. The molecule has 2 saturated heterocycles. The van der Waals surface area contributed by atoms with E-state index in [2.05, 4.69) is 15.0 Å². The van der Waals surface area contributed by atoms with Gasteiger partial charge in [-0.1, -0.05) is 42.5 Å². The highest BCUT2D eigenvalue weighted by Crippen LogP contribution is 2.30. The van der Waals surface area contributed by atoms with Crippen LogP contribution < -0.4 is 14.9 Å². The number of anilines is 2. The van der Waals surface area contributed by atoms with Crippen LogP contribution in [0.4, 0.5) is 11.7 Å². The van der Waals surface area contributed by atoms with E-state index in [1.807, 2.05) is 34.9 Å². The fraction of sp³-hybridized carbons (Fsp3) is 0.323. The molecule has 4 aromatic rings. The van der Waals surface area contributed by atoms with Crippen molar-refractivity contribution in [3.63, 3.8) is 0 Å². The Morgan fingerprint density at radius 1 is 0.929 bits per heavy atom. The first-order chi connectivity index (χ1) is 20.3. The van der Waals surface area contributed by atoms with E-state index in [9.17, 15) is 18.0 Å². The van der Waals surface area contributed by atoms with Crippen LogP contribution in [0, 0.1) is 6.92 Å². The summed E-state index contributed by atoms with van der Waals surface area (Å²) in [7, 11) is -3.88. The van der Waals surface area contributed by atoms with Crippen molar-refractivity contribution in [3.05, 3.63) is 84.3 Å². The Morgan fingerprint density at radius 2 is 1.69 bits per heavy atom. The third-order valence-corrected chi connectivity index (χ3v) is 9.72. The van der Waals surface area contributed by atoms with Gasteiger partial charge < -0.3 is 19.5 Å². The molecule has 2 amide bonds. The molecule has 218 valence electrons. The van der Waals surface area contributed by atoms with Crippen molar-refractivity contribution in [2.75, 3.05) is 29.9 Å². The number of carbonyl (C=O) groups excluding carboxylic acids is 2. The lowest BCUT2D eigenvalue weighted by atomic mass is 10.0. The average molecular weight is 588 g/mol. The van der Waals surface area contributed by atoms with Gasteiger partial charge in [-0.2, -0.15) is 0 Å². The molecule has 2 aliphatic rings. The molecule has 2 aliphatic heterocycles. The highest BCUT2D eigenvalue weighted by molar-refractivity contribution is 7.89. The number of oxazole rings is 1. The first-order valence-corrected chi connectivity index (χ1v) is 15.7. The number of nitrogens with one attached hydrogen (secondary N) is 2. The van der Waals surface area contributed by atoms with Crippen LogP contribution in [0.25, 0.3) is 10.8 Å². The topological polar surface area (TPSA) is 125 Å². The molecule has 2 fully saturated rings. The second-order valence-corrected chi connectivity index (χ2v) is 12.5. The minimum absolute atomic E-state index is 0.0290. The maximum absolute atomic E-state index is 13.6. The molecule has 2 N–H and O–H groups in total. The molecule has 6 rings (SSSR count). The van der Waals surface area contributed by atoms with Crippen molar-refractivity contribution >= 4 is 44.3 Å². The molecule has 42 heavy (non-hydrogen) atoms.